The van der Waals surface area contributed by atoms with Gasteiger partial charge in [0, 0.05) is 44.6 Å². The molecule has 0 saturated carbocycles. The Labute approximate surface area is 110 Å². The number of likely N-dealkylation sites (N-methyl/N-ethyl adjacent to an activating group) is 1. The summed E-state index contributed by atoms with van der Waals surface area (Å²) in [6.07, 6.45) is 7.40. The first-order valence-corrected chi connectivity index (χ1v) is 7.14. The van der Waals surface area contributed by atoms with Crippen molar-refractivity contribution in [2.45, 2.75) is 45.7 Å². The zero-order chi connectivity index (χ0) is 12.8. The summed E-state index contributed by atoms with van der Waals surface area (Å²) in [5.74, 6) is 1.92. The highest BCUT2D eigenvalue weighted by Gasteiger charge is 2.21. The molecular weight excluding hydrogens is 226 g/mol. The van der Waals surface area contributed by atoms with Gasteiger partial charge in [-0.3, -0.25) is 0 Å². The summed E-state index contributed by atoms with van der Waals surface area (Å²) in [7, 11) is 0. The monoisotopic (exact) mass is 251 g/mol. The molecule has 2 unspecified atom stereocenters. The average molecular weight is 251 g/mol. The maximum atomic E-state index is 5.47. The molecule has 1 saturated heterocycles. The van der Waals surface area contributed by atoms with E-state index in [2.05, 4.69) is 34.9 Å². The SMILES string of the molecule is CCNC(Cc1nccn1CC)CC1CCOC1. The second-order valence-corrected chi connectivity index (χ2v) is 5.05. The molecule has 0 radical (unpaired) electrons. The average Bonchev–Trinajstić information content (AvgIpc) is 3.00. The fourth-order valence-electron chi connectivity index (χ4n) is 2.74. The van der Waals surface area contributed by atoms with E-state index in [9.17, 15) is 0 Å². The number of ether oxygens (including phenoxy) is 1. The van der Waals surface area contributed by atoms with Gasteiger partial charge in [-0.15, -0.1) is 0 Å². The van der Waals surface area contributed by atoms with Crippen molar-refractivity contribution in [1.82, 2.24) is 14.9 Å². The van der Waals surface area contributed by atoms with Gasteiger partial charge in [-0.1, -0.05) is 6.92 Å². The number of aromatic nitrogens is 2. The van der Waals surface area contributed by atoms with E-state index in [-0.39, 0.29) is 0 Å². The van der Waals surface area contributed by atoms with Gasteiger partial charge in [-0.05, 0) is 32.2 Å². The molecule has 1 aliphatic rings. The van der Waals surface area contributed by atoms with Crippen LogP contribution in [0.1, 0.15) is 32.5 Å². The van der Waals surface area contributed by atoms with Gasteiger partial charge in [0.2, 0.25) is 0 Å². The molecule has 0 aromatic carbocycles. The van der Waals surface area contributed by atoms with Crippen molar-refractivity contribution in [3.63, 3.8) is 0 Å². The molecule has 1 fully saturated rings. The Bertz CT molecular complexity index is 345. The van der Waals surface area contributed by atoms with E-state index < -0.39 is 0 Å². The van der Waals surface area contributed by atoms with Crippen LogP contribution in [0.2, 0.25) is 0 Å². The number of aryl methyl sites for hydroxylation is 1. The lowest BCUT2D eigenvalue weighted by Gasteiger charge is -2.20. The largest absolute Gasteiger partial charge is 0.381 e. The van der Waals surface area contributed by atoms with Gasteiger partial charge in [0.05, 0.1) is 0 Å². The van der Waals surface area contributed by atoms with Crippen LogP contribution in [0.15, 0.2) is 12.4 Å². The fourth-order valence-corrected chi connectivity index (χ4v) is 2.74. The zero-order valence-corrected chi connectivity index (χ0v) is 11.6. The normalized spacial score (nSPS) is 21.3. The quantitative estimate of drug-likeness (QED) is 0.804. The van der Waals surface area contributed by atoms with Gasteiger partial charge in [-0.25, -0.2) is 4.98 Å². The Morgan fingerprint density at radius 3 is 3.11 bits per heavy atom. The lowest BCUT2D eigenvalue weighted by atomic mass is 9.97. The second-order valence-electron chi connectivity index (χ2n) is 5.05. The second kappa shape index (κ2) is 6.90. The van der Waals surface area contributed by atoms with E-state index in [1.807, 2.05) is 6.20 Å². The molecule has 1 aromatic rings. The summed E-state index contributed by atoms with van der Waals surface area (Å²) >= 11 is 0. The van der Waals surface area contributed by atoms with E-state index in [0.29, 0.717) is 6.04 Å². The van der Waals surface area contributed by atoms with Crippen molar-refractivity contribution in [3.8, 4) is 0 Å². The molecule has 2 atom stereocenters. The Balaban J connectivity index is 1.92. The molecule has 2 heterocycles. The minimum Gasteiger partial charge on any atom is -0.381 e. The molecule has 1 aromatic heterocycles. The highest BCUT2D eigenvalue weighted by molar-refractivity contribution is 4.96. The third-order valence-corrected chi connectivity index (χ3v) is 3.71. The van der Waals surface area contributed by atoms with Gasteiger partial charge in [0.15, 0.2) is 0 Å². The van der Waals surface area contributed by atoms with E-state index in [4.69, 9.17) is 4.74 Å². The first-order chi connectivity index (χ1) is 8.83. The summed E-state index contributed by atoms with van der Waals surface area (Å²) in [6, 6.07) is 0.523. The van der Waals surface area contributed by atoms with Crippen molar-refractivity contribution < 1.29 is 4.74 Å². The molecule has 0 bridgehead atoms. The smallest absolute Gasteiger partial charge is 0.110 e. The minimum atomic E-state index is 0.523. The van der Waals surface area contributed by atoms with Crippen LogP contribution in [0, 0.1) is 5.92 Å². The standard InChI is InChI=1S/C14H25N3O/c1-3-15-13(9-12-5-8-18-11-12)10-14-16-6-7-17(14)4-2/h6-7,12-13,15H,3-5,8-11H2,1-2H3. The van der Waals surface area contributed by atoms with Gasteiger partial charge in [-0.2, -0.15) is 0 Å². The van der Waals surface area contributed by atoms with Crippen molar-refractivity contribution in [3.05, 3.63) is 18.2 Å². The third-order valence-electron chi connectivity index (χ3n) is 3.71. The Hall–Kier alpha value is -0.870. The zero-order valence-electron chi connectivity index (χ0n) is 11.6. The van der Waals surface area contributed by atoms with Gasteiger partial charge < -0.3 is 14.6 Å². The van der Waals surface area contributed by atoms with Crippen LogP contribution in [0.3, 0.4) is 0 Å². The van der Waals surface area contributed by atoms with Crippen molar-refractivity contribution >= 4 is 0 Å². The number of nitrogens with zero attached hydrogens (tertiary/aromatic N) is 2. The predicted molar refractivity (Wildman–Crippen MR) is 72.6 cm³/mol. The van der Waals surface area contributed by atoms with Crippen LogP contribution in [0.4, 0.5) is 0 Å². The molecule has 18 heavy (non-hydrogen) atoms. The molecule has 102 valence electrons. The van der Waals surface area contributed by atoms with Gasteiger partial charge >= 0.3 is 0 Å². The first-order valence-electron chi connectivity index (χ1n) is 7.14. The molecule has 1 aliphatic heterocycles. The van der Waals surface area contributed by atoms with E-state index in [0.717, 1.165) is 38.6 Å². The number of rotatable bonds is 7. The maximum Gasteiger partial charge on any atom is 0.110 e. The number of nitrogens with one attached hydrogen (secondary N) is 1. The number of hydrogen-bond donors (Lipinski definition) is 1. The molecule has 0 aliphatic carbocycles. The molecule has 1 N–H and O–H groups in total. The van der Waals surface area contributed by atoms with Gasteiger partial charge in [0.1, 0.15) is 5.82 Å². The lowest BCUT2D eigenvalue weighted by molar-refractivity contribution is 0.181. The Morgan fingerprint density at radius 2 is 2.44 bits per heavy atom. The maximum absolute atomic E-state index is 5.47. The van der Waals surface area contributed by atoms with Crippen LogP contribution in [-0.2, 0) is 17.7 Å². The molecule has 2 rings (SSSR count). The predicted octanol–water partition coefficient (Wildman–Crippen LogP) is 1.85. The van der Waals surface area contributed by atoms with Crippen molar-refractivity contribution in [2.75, 3.05) is 19.8 Å². The van der Waals surface area contributed by atoms with Crippen LogP contribution < -0.4 is 5.32 Å². The summed E-state index contributed by atoms with van der Waals surface area (Å²) in [5, 5.41) is 3.59. The third kappa shape index (κ3) is 3.56. The Morgan fingerprint density at radius 1 is 1.56 bits per heavy atom. The summed E-state index contributed by atoms with van der Waals surface area (Å²) < 4.78 is 7.70. The highest BCUT2D eigenvalue weighted by Crippen LogP contribution is 2.19. The number of hydrogen-bond acceptors (Lipinski definition) is 3. The molecule has 0 amide bonds. The lowest BCUT2D eigenvalue weighted by Crippen LogP contribution is -2.34. The molecule has 0 spiro atoms. The van der Waals surface area contributed by atoms with Gasteiger partial charge in [0.25, 0.3) is 0 Å². The van der Waals surface area contributed by atoms with Crippen LogP contribution in [-0.4, -0.2) is 35.4 Å². The summed E-state index contributed by atoms with van der Waals surface area (Å²) in [4.78, 5) is 4.48. The summed E-state index contributed by atoms with van der Waals surface area (Å²) in [5.41, 5.74) is 0. The fraction of sp³-hybridized carbons (Fsp3) is 0.786. The molecule has 4 heteroatoms. The Kier molecular flexibility index (Phi) is 5.20. The van der Waals surface area contributed by atoms with E-state index in [1.165, 1.54) is 18.7 Å². The molecule has 4 nitrogen and oxygen atoms in total. The molecular formula is C14H25N3O. The van der Waals surface area contributed by atoms with Crippen LogP contribution in [0.5, 0.6) is 0 Å². The minimum absolute atomic E-state index is 0.523. The van der Waals surface area contributed by atoms with Crippen LogP contribution >= 0.6 is 0 Å². The highest BCUT2D eigenvalue weighted by atomic mass is 16.5. The topological polar surface area (TPSA) is 39.1 Å². The van der Waals surface area contributed by atoms with Crippen LogP contribution in [0.25, 0.3) is 0 Å². The number of imidazole rings is 1. The summed E-state index contributed by atoms with van der Waals surface area (Å²) in [6.45, 7) is 8.23. The first kappa shape index (κ1) is 13.6. The van der Waals surface area contributed by atoms with Crippen molar-refractivity contribution in [2.24, 2.45) is 5.92 Å². The van der Waals surface area contributed by atoms with E-state index >= 15 is 0 Å². The van der Waals surface area contributed by atoms with Crippen molar-refractivity contribution in [1.29, 1.82) is 0 Å². The van der Waals surface area contributed by atoms with E-state index in [1.54, 1.807) is 0 Å².